The highest BCUT2D eigenvalue weighted by Crippen LogP contribution is 2.25. The number of amides is 1. The molecule has 4 aromatic carbocycles. The molecule has 6 heteroatoms. The molecule has 0 aliphatic heterocycles. The largest absolute Gasteiger partial charge is 0.490 e. The van der Waals surface area contributed by atoms with Crippen molar-refractivity contribution >= 4 is 27.7 Å². The fraction of sp³-hybridized carbons (Fsp3) is 0.172. The number of carbonyl (C=O) groups excluding carboxylic acids is 1. The van der Waals surface area contributed by atoms with Crippen LogP contribution in [0.25, 0.3) is 21.8 Å². The van der Waals surface area contributed by atoms with Crippen molar-refractivity contribution in [2.45, 2.75) is 19.1 Å². The average Bonchev–Trinajstić information content (AvgIpc) is 3.24. The lowest BCUT2D eigenvalue weighted by Crippen LogP contribution is -2.28. The summed E-state index contributed by atoms with van der Waals surface area (Å²) in [5.74, 6) is 1.45. The maximum Gasteiger partial charge on any atom is 0.251 e. The molecule has 0 bridgehead atoms. The molecule has 1 aromatic heterocycles. The smallest absolute Gasteiger partial charge is 0.251 e. The third-order valence-electron chi connectivity index (χ3n) is 5.98. The van der Waals surface area contributed by atoms with E-state index in [2.05, 4.69) is 5.32 Å². The zero-order valence-corrected chi connectivity index (χ0v) is 19.3. The predicted octanol–water partition coefficient (Wildman–Crippen LogP) is 4.60. The van der Waals surface area contributed by atoms with E-state index in [-0.39, 0.29) is 12.5 Å². The molecule has 1 heterocycles. The first-order valence-corrected chi connectivity index (χ1v) is 11.7. The Morgan fingerprint density at radius 1 is 0.914 bits per heavy atom. The summed E-state index contributed by atoms with van der Waals surface area (Å²) in [6.45, 7) is 0.942. The Balaban J connectivity index is 1.27. The monoisotopic (exact) mass is 465 g/mol. The van der Waals surface area contributed by atoms with Gasteiger partial charge < -0.3 is 19.7 Å². The molecule has 1 atom stereocenters. The number of aliphatic hydroxyl groups is 1. The Hall–Kier alpha value is -4.16. The molecule has 0 spiro atoms. The normalized spacial score (nSPS) is 12.0. The molecule has 6 nitrogen and oxygen atoms in total. The number of ether oxygens (including phenoxy) is 1. The Morgan fingerprint density at radius 3 is 2.54 bits per heavy atom. The lowest BCUT2D eigenvalue weighted by atomic mass is 10.1. The van der Waals surface area contributed by atoms with Gasteiger partial charge in [0.25, 0.3) is 5.91 Å². The lowest BCUT2D eigenvalue weighted by molar-refractivity contribution is 0.0929. The highest BCUT2D eigenvalue weighted by Gasteiger charge is 2.16. The summed E-state index contributed by atoms with van der Waals surface area (Å²) in [6.07, 6.45) is -0.186. The van der Waals surface area contributed by atoms with Crippen molar-refractivity contribution in [2.75, 3.05) is 13.2 Å². The number of aromatic nitrogens is 2. The number of rotatable bonds is 9. The van der Waals surface area contributed by atoms with Gasteiger partial charge in [-0.15, -0.1) is 0 Å². The molecule has 0 saturated heterocycles. The fourth-order valence-corrected chi connectivity index (χ4v) is 4.27. The van der Waals surface area contributed by atoms with E-state index in [9.17, 15) is 9.90 Å². The quantitative estimate of drug-likeness (QED) is 0.334. The number of fused-ring (bicyclic) bond motifs is 2. The molecule has 5 aromatic rings. The minimum Gasteiger partial charge on any atom is -0.490 e. The molecule has 0 fully saturated rings. The molecule has 0 unspecified atom stereocenters. The average molecular weight is 466 g/mol. The second-order valence-corrected chi connectivity index (χ2v) is 8.44. The second-order valence-electron chi connectivity index (χ2n) is 8.44. The highest BCUT2D eigenvalue weighted by molar-refractivity contribution is 5.94. The molecule has 35 heavy (non-hydrogen) atoms. The third kappa shape index (κ3) is 5.18. The first kappa shape index (κ1) is 22.6. The van der Waals surface area contributed by atoms with Crippen LogP contribution in [0.1, 0.15) is 16.2 Å². The number of nitrogens with one attached hydrogen (secondary N) is 1. The van der Waals surface area contributed by atoms with E-state index in [4.69, 9.17) is 9.72 Å². The number of imidazole rings is 1. The van der Waals surface area contributed by atoms with Crippen LogP contribution in [0, 0.1) is 0 Å². The topological polar surface area (TPSA) is 76.4 Å². The van der Waals surface area contributed by atoms with Gasteiger partial charge in [0.1, 0.15) is 24.3 Å². The maximum absolute atomic E-state index is 12.4. The van der Waals surface area contributed by atoms with Crippen molar-refractivity contribution in [2.24, 2.45) is 0 Å². The molecule has 0 aliphatic rings. The van der Waals surface area contributed by atoms with Crippen LogP contribution in [0.3, 0.4) is 0 Å². The zero-order chi connectivity index (χ0) is 24.0. The summed E-state index contributed by atoms with van der Waals surface area (Å²) in [4.78, 5) is 17.1. The van der Waals surface area contributed by atoms with Crippen molar-refractivity contribution in [1.29, 1.82) is 0 Å². The van der Waals surface area contributed by atoms with Crippen molar-refractivity contribution in [3.63, 3.8) is 0 Å². The third-order valence-corrected chi connectivity index (χ3v) is 5.98. The SMILES string of the molecule is O=C(NCCc1nc2ccccc2n1C[C@H](O)COc1cccc2ccccc12)c1ccccc1. The summed E-state index contributed by atoms with van der Waals surface area (Å²) in [7, 11) is 0. The van der Waals surface area contributed by atoms with E-state index < -0.39 is 6.10 Å². The first-order chi connectivity index (χ1) is 17.2. The van der Waals surface area contributed by atoms with Crippen LogP contribution in [0.4, 0.5) is 0 Å². The molecular formula is C29H27N3O3. The molecule has 176 valence electrons. The van der Waals surface area contributed by atoms with Gasteiger partial charge in [-0.05, 0) is 35.7 Å². The van der Waals surface area contributed by atoms with E-state index in [1.54, 1.807) is 12.1 Å². The number of aliphatic hydroxyl groups excluding tert-OH is 1. The van der Waals surface area contributed by atoms with Crippen LogP contribution < -0.4 is 10.1 Å². The van der Waals surface area contributed by atoms with Gasteiger partial charge in [-0.3, -0.25) is 4.79 Å². The van der Waals surface area contributed by atoms with E-state index in [0.717, 1.165) is 33.4 Å². The Kier molecular flexibility index (Phi) is 6.73. The molecule has 5 rings (SSSR count). The molecule has 0 radical (unpaired) electrons. The van der Waals surface area contributed by atoms with Crippen LogP contribution in [0.15, 0.2) is 97.1 Å². The van der Waals surface area contributed by atoms with E-state index in [1.807, 2.05) is 89.5 Å². The van der Waals surface area contributed by atoms with Gasteiger partial charge in [0.05, 0.1) is 17.6 Å². The van der Waals surface area contributed by atoms with Gasteiger partial charge in [-0.1, -0.05) is 66.7 Å². The van der Waals surface area contributed by atoms with E-state index in [0.29, 0.717) is 25.1 Å². The Labute approximate surface area is 203 Å². The number of carbonyl (C=O) groups is 1. The summed E-state index contributed by atoms with van der Waals surface area (Å²) in [5, 5.41) is 15.9. The van der Waals surface area contributed by atoms with Gasteiger partial charge in [-0.25, -0.2) is 4.98 Å². The molecule has 2 N–H and O–H groups in total. The number of hydrogen-bond donors (Lipinski definition) is 2. The second kappa shape index (κ2) is 10.4. The minimum atomic E-state index is -0.732. The van der Waals surface area contributed by atoms with Crippen molar-refractivity contribution in [3.05, 3.63) is 108 Å². The molecule has 0 saturated carbocycles. The number of nitrogens with zero attached hydrogens (tertiary/aromatic N) is 2. The minimum absolute atomic E-state index is 0.114. The van der Waals surface area contributed by atoms with Crippen molar-refractivity contribution in [3.8, 4) is 5.75 Å². The Bertz CT molecular complexity index is 1440. The van der Waals surface area contributed by atoms with Crippen molar-refractivity contribution < 1.29 is 14.6 Å². The molecule has 0 aliphatic carbocycles. The van der Waals surface area contributed by atoms with Crippen LogP contribution in [0.2, 0.25) is 0 Å². The lowest BCUT2D eigenvalue weighted by Gasteiger charge is -2.17. The summed E-state index contributed by atoms with van der Waals surface area (Å²) < 4.78 is 8.02. The van der Waals surface area contributed by atoms with Gasteiger partial charge >= 0.3 is 0 Å². The van der Waals surface area contributed by atoms with Gasteiger partial charge in [0.15, 0.2) is 0 Å². The molecule has 1 amide bonds. The van der Waals surface area contributed by atoms with Crippen molar-refractivity contribution in [1.82, 2.24) is 14.9 Å². The fourth-order valence-electron chi connectivity index (χ4n) is 4.27. The van der Waals surface area contributed by atoms with Crippen LogP contribution in [-0.2, 0) is 13.0 Å². The number of benzene rings is 4. The van der Waals surface area contributed by atoms with Gasteiger partial charge in [0.2, 0.25) is 0 Å². The zero-order valence-electron chi connectivity index (χ0n) is 19.3. The van der Waals surface area contributed by atoms with Crippen LogP contribution in [-0.4, -0.2) is 39.8 Å². The summed E-state index contributed by atoms with van der Waals surface area (Å²) >= 11 is 0. The standard InChI is InChI=1S/C29H27N3O3/c33-23(20-35-27-16-8-12-21-9-4-5-13-24(21)27)19-32-26-15-7-6-14-25(26)31-28(32)17-18-30-29(34)22-10-2-1-3-11-22/h1-16,23,33H,17-20H2,(H,30,34)/t23-/m0/s1. The van der Waals surface area contributed by atoms with E-state index in [1.165, 1.54) is 0 Å². The predicted molar refractivity (Wildman–Crippen MR) is 138 cm³/mol. The molecular weight excluding hydrogens is 438 g/mol. The first-order valence-electron chi connectivity index (χ1n) is 11.7. The highest BCUT2D eigenvalue weighted by atomic mass is 16.5. The Morgan fingerprint density at radius 2 is 1.66 bits per heavy atom. The maximum atomic E-state index is 12.4. The van der Waals surface area contributed by atoms with Crippen LogP contribution in [0.5, 0.6) is 5.75 Å². The summed E-state index contributed by atoms with van der Waals surface area (Å²) in [6, 6.07) is 30.9. The van der Waals surface area contributed by atoms with Gasteiger partial charge in [-0.2, -0.15) is 0 Å². The number of hydrogen-bond acceptors (Lipinski definition) is 4. The van der Waals surface area contributed by atoms with Gasteiger partial charge in [0, 0.05) is 23.9 Å². The number of para-hydroxylation sites is 2. The van der Waals surface area contributed by atoms with E-state index >= 15 is 0 Å². The van der Waals surface area contributed by atoms with Crippen LogP contribution >= 0.6 is 0 Å². The summed E-state index contributed by atoms with van der Waals surface area (Å²) in [5.41, 5.74) is 2.43.